The summed E-state index contributed by atoms with van der Waals surface area (Å²) in [7, 11) is 0. The molecule has 2 aliphatic rings. The van der Waals surface area contributed by atoms with Crippen LogP contribution in [0.15, 0.2) is 41.8 Å². The molecule has 182 valence electrons. The van der Waals surface area contributed by atoms with E-state index in [1.807, 2.05) is 0 Å². The van der Waals surface area contributed by atoms with E-state index in [4.69, 9.17) is 21.4 Å². The first-order valence-electron chi connectivity index (χ1n) is 12.8. The fourth-order valence-electron chi connectivity index (χ4n) is 5.81. The number of thiophene rings is 1. The molecule has 5 N–H and O–H groups in total. The number of nitrogens with one attached hydrogen (secondary N) is 1. The fourth-order valence-corrected chi connectivity index (χ4v) is 6.54. The molecule has 1 aromatic carbocycles. The van der Waals surface area contributed by atoms with E-state index in [0.29, 0.717) is 18.4 Å². The molecule has 8 heteroatoms. The van der Waals surface area contributed by atoms with E-state index in [1.165, 1.54) is 41.7 Å². The molecule has 6 rings (SSSR count). The van der Waals surface area contributed by atoms with Crippen molar-refractivity contribution in [1.29, 1.82) is 0 Å². The normalized spacial score (nSPS) is 21.1. The van der Waals surface area contributed by atoms with E-state index in [0.717, 1.165) is 42.7 Å². The summed E-state index contributed by atoms with van der Waals surface area (Å²) in [6, 6.07) is 13.4. The summed E-state index contributed by atoms with van der Waals surface area (Å²) in [6.07, 6.45) is 9.34. The Bertz CT molecular complexity index is 1290. The largest absolute Gasteiger partial charge is 0.368 e. The first kappa shape index (κ1) is 22.5. The second-order valence-electron chi connectivity index (χ2n) is 9.96. The highest BCUT2D eigenvalue weighted by Crippen LogP contribution is 2.40. The molecular formula is C27H33N7S. The zero-order chi connectivity index (χ0) is 23.8. The number of aromatic nitrogens is 4. The van der Waals surface area contributed by atoms with E-state index in [-0.39, 0.29) is 17.9 Å². The molecule has 7 nitrogen and oxygen atoms in total. The number of hydrogen-bond acceptors (Lipinski definition) is 7. The van der Waals surface area contributed by atoms with Gasteiger partial charge in [0, 0.05) is 29.4 Å². The highest BCUT2D eigenvalue weighted by molar-refractivity contribution is 7.13. The molecule has 3 heterocycles. The van der Waals surface area contributed by atoms with Crippen LogP contribution in [0.25, 0.3) is 21.6 Å². The van der Waals surface area contributed by atoms with Crippen LogP contribution < -0.4 is 16.8 Å². The zero-order valence-electron chi connectivity index (χ0n) is 20.0. The summed E-state index contributed by atoms with van der Waals surface area (Å²) in [4.78, 5) is 15.7. The maximum absolute atomic E-state index is 6.62. The Balaban J connectivity index is 1.34. The average Bonchev–Trinajstić information content (AvgIpc) is 3.64. The van der Waals surface area contributed by atoms with Crippen molar-refractivity contribution in [3.63, 3.8) is 0 Å². The van der Waals surface area contributed by atoms with Crippen molar-refractivity contribution in [2.45, 2.75) is 75.9 Å². The van der Waals surface area contributed by atoms with E-state index in [9.17, 15) is 0 Å². The van der Waals surface area contributed by atoms with E-state index >= 15 is 0 Å². The highest BCUT2D eigenvalue weighted by Gasteiger charge is 2.33. The molecule has 2 unspecified atom stereocenters. The standard InChI is InChI=1S/C27H33N7S/c28-21-9-4-3-8-20(21)25-31-23-24(32-27(29)33-26(23)34(25)19-6-1-2-7-19)30-16-17-11-13-18(14-12-17)22-10-5-15-35-22/h5,10-15,19-21H,1-4,6-9,16,28H2,(H3,29,30,32,33). The molecule has 4 aromatic rings. The van der Waals surface area contributed by atoms with Gasteiger partial charge in [0.05, 0.1) is 0 Å². The minimum absolute atomic E-state index is 0.143. The zero-order valence-corrected chi connectivity index (χ0v) is 20.8. The molecule has 0 amide bonds. The third-order valence-corrected chi connectivity index (χ3v) is 8.56. The molecule has 2 aliphatic carbocycles. The molecule has 0 radical (unpaired) electrons. The van der Waals surface area contributed by atoms with E-state index in [2.05, 4.69) is 56.6 Å². The molecule has 0 aliphatic heterocycles. The molecule has 2 fully saturated rings. The van der Waals surface area contributed by atoms with E-state index < -0.39 is 0 Å². The Kier molecular flexibility index (Phi) is 6.16. The second kappa shape index (κ2) is 9.59. The van der Waals surface area contributed by atoms with Crippen molar-refractivity contribution in [2.75, 3.05) is 11.1 Å². The average molecular weight is 488 g/mol. The van der Waals surface area contributed by atoms with Gasteiger partial charge in [0.15, 0.2) is 17.0 Å². The van der Waals surface area contributed by atoms with Gasteiger partial charge < -0.3 is 21.4 Å². The molecule has 35 heavy (non-hydrogen) atoms. The Morgan fingerprint density at radius 1 is 0.943 bits per heavy atom. The monoisotopic (exact) mass is 487 g/mol. The molecule has 2 atom stereocenters. The summed E-state index contributed by atoms with van der Waals surface area (Å²) in [5.74, 6) is 2.34. The maximum atomic E-state index is 6.62. The van der Waals surface area contributed by atoms with Crippen LogP contribution in [0.2, 0.25) is 0 Å². The Labute approximate surface area is 210 Å². The van der Waals surface area contributed by atoms with Gasteiger partial charge in [0.25, 0.3) is 0 Å². The van der Waals surface area contributed by atoms with Crippen molar-refractivity contribution in [2.24, 2.45) is 5.73 Å². The van der Waals surface area contributed by atoms with Gasteiger partial charge in [-0.05, 0) is 48.3 Å². The lowest BCUT2D eigenvalue weighted by Crippen LogP contribution is -2.33. The third kappa shape index (κ3) is 4.41. The van der Waals surface area contributed by atoms with Gasteiger partial charge in [-0.2, -0.15) is 9.97 Å². The number of nitrogen functional groups attached to an aromatic ring is 1. The quantitative estimate of drug-likeness (QED) is 0.315. The number of fused-ring (bicyclic) bond motifs is 1. The summed E-state index contributed by atoms with van der Waals surface area (Å²) < 4.78 is 2.37. The Hall–Kier alpha value is -2.97. The van der Waals surface area contributed by atoms with Gasteiger partial charge in [-0.1, -0.05) is 56.0 Å². The van der Waals surface area contributed by atoms with Crippen molar-refractivity contribution in [3.05, 3.63) is 53.2 Å². The molecule has 0 bridgehead atoms. The number of benzene rings is 1. The van der Waals surface area contributed by atoms with Crippen LogP contribution in [0.3, 0.4) is 0 Å². The van der Waals surface area contributed by atoms with Gasteiger partial charge in [0.2, 0.25) is 5.95 Å². The van der Waals surface area contributed by atoms with Crippen molar-refractivity contribution in [3.8, 4) is 10.4 Å². The van der Waals surface area contributed by atoms with Gasteiger partial charge in [-0.3, -0.25) is 0 Å². The summed E-state index contributed by atoms with van der Waals surface area (Å²) >= 11 is 1.75. The van der Waals surface area contributed by atoms with E-state index in [1.54, 1.807) is 11.3 Å². The molecule has 2 saturated carbocycles. The first-order valence-corrected chi connectivity index (χ1v) is 13.7. The van der Waals surface area contributed by atoms with Gasteiger partial charge >= 0.3 is 0 Å². The SMILES string of the molecule is Nc1nc(NCc2ccc(-c3cccs3)cc2)c2nc(C3CCCCC3N)n(C3CCCC3)c2n1. The number of anilines is 2. The number of nitrogens with two attached hydrogens (primary N) is 2. The van der Waals surface area contributed by atoms with Crippen LogP contribution in [-0.4, -0.2) is 25.6 Å². The van der Waals surface area contributed by atoms with Crippen molar-refractivity contribution >= 4 is 34.3 Å². The van der Waals surface area contributed by atoms with Crippen LogP contribution >= 0.6 is 11.3 Å². The third-order valence-electron chi connectivity index (χ3n) is 7.64. The number of imidazole rings is 1. The lowest BCUT2D eigenvalue weighted by Gasteiger charge is -2.29. The van der Waals surface area contributed by atoms with Crippen LogP contribution in [-0.2, 0) is 6.54 Å². The highest BCUT2D eigenvalue weighted by atomic mass is 32.1. The number of nitrogens with zero attached hydrogens (tertiary/aromatic N) is 4. The predicted octanol–water partition coefficient (Wildman–Crippen LogP) is 5.85. The van der Waals surface area contributed by atoms with Crippen molar-refractivity contribution in [1.82, 2.24) is 19.5 Å². The number of rotatable bonds is 6. The molecule has 0 spiro atoms. The first-order chi connectivity index (χ1) is 17.2. The molecular weight excluding hydrogens is 454 g/mol. The van der Waals surface area contributed by atoms with Gasteiger partial charge in [-0.25, -0.2) is 4.98 Å². The second-order valence-corrected chi connectivity index (χ2v) is 10.9. The fraction of sp³-hybridized carbons (Fsp3) is 0.444. The molecule has 3 aromatic heterocycles. The lowest BCUT2D eigenvalue weighted by molar-refractivity contribution is 0.354. The van der Waals surface area contributed by atoms with Crippen LogP contribution in [0, 0.1) is 0 Å². The van der Waals surface area contributed by atoms with Crippen LogP contribution in [0.4, 0.5) is 11.8 Å². The summed E-state index contributed by atoms with van der Waals surface area (Å²) in [5, 5.41) is 5.61. The Morgan fingerprint density at radius 3 is 2.46 bits per heavy atom. The number of hydrogen-bond donors (Lipinski definition) is 3. The van der Waals surface area contributed by atoms with Gasteiger partial charge in [0.1, 0.15) is 5.82 Å². The predicted molar refractivity (Wildman–Crippen MR) is 144 cm³/mol. The topological polar surface area (TPSA) is 108 Å². The van der Waals surface area contributed by atoms with Crippen LogP contribution in [0.1, 0.15) is 74.7 Å². The Morgan fingerprint density at radius 2 is 1.71 bits per heavy atom. The van der Waals surface area contributed by atoms with Gasteiger partial charge in [-0.15, -0.1) is 11.3 Å². The minimum atomic E-state index is 0.143. The summed E-state index contributed by atoms with van der Waals surface area (Å²) in [6.45, 7) is 0.644. The van der Waals surface area contributed by atoms with Crippen LogP contribution in [0.5, 0.6) is 0 Å². The van der Waals surface area contributed by atoms with Crippen molar-refractivity contribution < 1.29 is 0 Å². The smallest absolute Gasteiger partial charge is 0.224 e. The molecule has 0 saturated heterocycles. The summed E-state index contributed by atoms with van der Waals surface area (Å²) in [5.41, 5.74) is 16.9. The maximum Gasteiger partial charge on any atom is 0.224 e. The minimum Gasteiger partial charge on any atom is -0.368 e. The lowest BCUT2D eigenvalue weighted by atomic mass is 9.84.